The first-order valence-corrected chi connectivity index (χ1v) is 14.3. The summed E-state index contributed by atoms with van der Waals surface area (Å²) in [6.45, 7) is 6.53. The van der Waals surface area contributed by atoms with Crippen LogP contribution in [-0.2, 0) is 18.6 Å². The number of hydrogen-bond donors (Lipinski definition) is 4. The van der Waals surface area contributed by atoms with Crippen LogP contribution in [0.15, 0.2) is 43.0 Å². The van der Waals surface area contributed by atoms with Crippen molar-refractivity contribution in [2.24, 2.45) is 11.8 Å². The zero-order valence-electron chi connectivity index (χ0n) is 22.5. The molecule has 2 aromatic heterocycles. The highest BCUT2D eigenvalue weighted by atomic mass is 31.2. The van der Waals surface area contributed by atoms with Gasteiger partial charge in [0, 0.05) is 13.0 Å². The van der Waals surface area contributed by atoms with Crippen LogP contribution in [0.2, 0.25) is 0 Å². The fraction of sp³-hybridized carbons (Fsp3) is 0.520. The van der Waals surface area contributed by atoms with Gasteiger partial charge in [-0.1, -0.05) is 25.1 Å². The van der Waals surface area contributed by atoms with Crippen LogP contribution in [0.3, 0.4) is 0 Å². The molecule has 4 N–H and O–H groups in total. The molecule has 3 aromatic rings. The third-order valence-electron chi connectivity index (χ3n) is 6.73. The maximum atomic E-state index is 13.8. The van der Waals surface area contributed by atoms with Gasteiger partial charge in [-0.25, -0.2) is 19.5 Å². The molecule has 1 aromatic carbocycles. The molecular weight excluding hydrogens is 527 g/mol. The van der Waals surface area contributed by atoms with Crippen LogP contribution in [0.4, 0.5) is 5.82 Å². The summed E-state index contributed by atoms with van der Waals surface area (Å²) >= 11 is 0. The van der Waals surface area contributed by atoms with Crippen molar-refractivity contribution in [1.29, 1.82) is 0 Å². The number of fused-ring (bicyclic) bond motifs is 1. The van der Waals surface area contributed by atoms with Gasteiger partial charge >= 0.3 is 13.7 Å². The number of aliphatic hydroxyl groups is 2. The van der Waals surface area contributed by atoms with E-state index >= 15 is 0 Å². The van der Waals surface area contributed by atoms with Gasteiger partial charge in [0.05, 0.1) is 31.2 Å². The minimum Gasteiger partial charge on any atom is -0.462 e. The molecule has 0 radical (unpaired) electrons. The van der Waals surface area contributed by atoms with E-state index in [0.717, 1.165) is 0 Å². The summed E-state index contributed by atoms with van der Waals surface area (Å²) in [6, 6.07) is 6.79. The fourth-order valence-electron chi connectivity index (χ4n) is 4.77. The first-order valence-electron chi connectivity index (χ1n) is 12.7. The minimum atomic E-state index is -4.14. The highest BCUT2D eigenvalue weighted by Crippen LogP contribution is 2.48. The van der Waals surface area contributed by atoms with E-state index in [2.05, 4.69) is 25.4 Å². The predicted octanol–water partition coefficient (Wildman–Crippen LogP) is 2.53. The molecule has 1 saturated carbocycles. The Hall–Kier alpha value is -3.09. The van der Waals surface area contributed by atoms with Crippen LogP contribution >= 0.6 is 7.75 Å². The second-order valence-electron chi connectivity index (χ2n) is 9.83. The van der Waals surface area contributed by atoms with E-state index in [4.69, 9.17) is 13.8 Å². The highest BCUT2D eigenvalue weighted by Gasteiger charge is 2.49. The molecule has 0 saturated heterocycles. The van der Waals surface area contributed by atoms with Gasteiger partial charge in [0.2, 0.25) is 0 Å². The van der Waals surface area contributed by atoms with Crippen molar-refractivity contribution < 1.29 is 33.4 Å². The van der Waals surface area contributed by atoms with Crippen LogP contribution in [0.25, 0.3) is 11.2 Å². The maximum Gasteiger partial charge on any atom is 0.459 e. The summed E-state index contributed by atoms with van der Waals surface area (Å²) in [6.07, 6.45) is 0.193. The molecule has 1 fully saturated rings. The maximum absolute atomic E-state index is 13.8. The zero-order valence-corrected chi connectivity index (χ0v) is 23.4. The monoisotopic (exact) mass is 562 g/mol. The van der Waals surface area contributed by atoms with Crippen molar-refractivity contribution in [3.05, 3.63) is 43.0 Å². The van der Waals surface area contributed by atoms with Gasteiger partial charge in [-0.2, -0.15) is 5.09 Å². The number of esters is 1. The standard InChI is InChI=1S/C25H35N6O7P/c1-14(2)37-25(34)16(4)30-39(35,38-17-9-7-6-8-10-17)36-11-18-15(3)20(22(33)21(18)32)31-13-29-19-23(26-5)27-12-28-24(19)31/h6-10,12-16,18,20-22,32-33H,11H2,1-5H3,(H,30,35)(H,26,27,28)/t15?,16-,18?,20+,21+,22-,39?/m0/s1. The topological polar surface area (TPSA) is 170 Å². The molecular formula is C25H35N6O7P. The second-order valence-corrected chi connectivity index (χ2v) is 11.5. The smallest absolute Gasteiger partial charge is 0.459 e. The molecule has 212 valence electrons. The number of para-hydroxylation sites is 1. The summed E-state index contributed by atoms with van der Waals surface area (Å²) < 4.78 is 32.3. The average Bonchev–Trinajstić information content (AvgIpc) is 3.40. The lowest BCUT2D eigenvalue weighted by Gasteiger charge is -2.26. The summed E-state index contributed by atoms with van der Waals surface area (Å²) in [5, 5.41) is 27.6. The van der Waals surface area contributed by atoms with Crippen LogP contribution in [0, 0.1) is 11.8 Å². The Morgan fingerprint density at radius 1 is 1.13 bits per heavy atom. The number of aliphatic hydroxyl groups excluding tert-OH is 2. The molecule has 7 atom stereocenters. The van der Waals surface area contributed by atoms with E-state index in [-0.39, 0.29) is 24.4 Å². The van der Waals surface area contributed by atoms with E-state index in [0.29, 0.717) is 17.0 Å². The van der Waals surface area contributed by atoms with Gasteiger partial charge in [-0.05, 0) is 38.8 Å². The van der Waals surface area contributed by atoms with Crippen molar-refractivity contribution in [3.8, 4) is 5.75 Å². The van der Waals surface area contributed by atoms with Gasteiger partial charge in [-0.3, -0.25) is 9.32 Å². The lowest BCUT2D eigenvalue weighted by atomic mass is 9.95. The lowest BCUT2D eigenvalue weighted by molar-refractivity contribution is -0.149. The molecule has 14 heteroatoms. The number of rotatable bonds is 11. The Morgan fingerprint density at radius 3 is 2.51 bits per heavy atom. The molecule has 0 amide bonds. The van der Waals surface area contributed by atoms with Gasteiger partial charge in [0.15, 0.2) is 11.5 Å². The largest absolute Gasteiger partial charge is 0.462 e. The number of imidazole rings is 1. The Bertz CT molecular complexity index is 1320. The van der Waals surface area contributed by atoms with E-state index in [1.807, 2.05) is 6.92 Å². The predicted molar refractivity (Wildman–Crippen MR) is 143 cm³/mol. The van der Waals surface area contributed by atoms with Crippen LogP contribution < -0.4 is 14.9 Å². The van der Waals surface area contributed by atoms with Gasteiger partial charge in [-0.15, -0.1) is 0 Å². The molecule has 0 bridgehead atoms. The number of ether oxygens (including phenoxy) is 1. The number of nitrogens with one attached hydrogen (secondary N) is 2. The average molecular weight is 563 g/mol. The first-order chi connectivity index (χ1) is 18.5. The summed E-state index contributed by atoms with van der Waals surface area (Å²) in [7, 11) is -2.42. The third kappa shape index (κ3) is 6.23. The number of nitrogens with zero attached hydrogens (tertiary/aromatic N) is 4. The molecule has 2 heterocycles. The van der Waals surface area contributed by atoms with Gasteiger partial charge < -0.3 is 29.4 Å². The molecule has 39 heavy (non-hydrogen) atoms. The molecule has 3 unspecified atom stereocenters. The third-order valence-corrected chi connectivity index (χ3v) is 8.38. The number of benzene rings is 1. The summed E-state index contributed by atoms with van der Waals surface area (Å²) in [5.74, 6) is -0.811. The summed E-state index contributed by atoms with van der Waals surface area (Å²) in [5.41, 5.74) is 1.03. The van der Waals surface area contributed by atoms with Crippen molar-refractivity contribution in [2.45, 2.75) is 58.1 Å². The zero-order chi connectivity index (χ0) is 28.3. The molecule has 1 aliphatic rings. The van der Waals surface area contributed by atoms with E-state index in [1.165, 1.54) is 13.3 Å². The van der Waals surface area contributed by atoms with Crippen LogP contribution in [0.1, 0.15) is 33.7 Å². The SMILES string of the molecule is CNc1ncnc2c1ncn2[C@@H]1C(C)C(COP(=O)(N[C@@H](C)C(=O)OC(C)C)Oc2ccccc2)[C@@H](O)[C@H]1O. The molecule has 4 rings (SSSR count). The Kier molecular flexibility index (Phi) is 8.87. The van der Waals surface area contributed by atoms with Crippen LogP contribution in [0.5, 0.6) is 5.75 Å². The van der Waals surface area contributed by atoms with Crippen molar-refractivity contribution in [1.82, 2.24) is 24.6 Å². The number of carbonyl (C=O) groups excluding carboxylic acids is 1. The van der Waals surface area contributed by atoms with E-state index < -0.39 is 43.9 Å². The Balaban J connectivity index is 1.55. The van der Waals surface area contributed by atoms with Crippen molar-refractivity contribution in [2.75, 3.05) is 19.0 Å². The number of carbonyl (C=O) groups is 1. The molecule has 13 nitrogen and oxygen atoms in total. The van der Waals surface area contributed by atoms with E-state index in [1.54, 1.807) is 62.1 Å². The normalized spacial score (nSPS) is 25.4. The lowest BCUT2D eigenvalue weighted by Crippen LogP contribution is -2.37. The summed E-state index contributed by atoms with van der Waals surface area (Å²) in [4.78, 5) is 25.3. The Morgan fingerprint density at radius 2 is 1.85 bits per heavy atom. The fourth-order valence-corrected chi connectivity index (χ4v) is 6.30. The Labute approximate surface area is 226 Å². The number of anilines is 1. The van der Waals surface area contributed by atoms with E-state index in [9.17, 15) is 19.6 Å². The van der Waals surface area contributed by atoms with Crippen LogP contribution in [-0.4, -0.2) is 73.7 Å². The molecule has 0 aliphatic heterocycles. The minimum absolute atomic E-state index is 0.234. The van der Waals surface area contributed by atoms with Gasteiger partial charge in [0.25, 0.3) is 0 Å². The number of aromatic nitrogens is 4. The van der Waals surface area contributed by atoms with Crippen molar-refractivity contribution in [3.63, 3.8) is 0 Å². The quantitative estimate of drug-likeness (QED) is 0.199. The number of hydrogen-bond acceptors (Lipinski definition) is 11. The molecule has 1 aliphatic carbocycles. The highest BCUT2D eigenvalue weighted by molar-refractivity contribution is 7.52. The van der Waals surface area contributed by atoms with Crippen molar-refractivity contribution >= 4 is 30.7 Å². The molecule has 0 spiro atoms. The first kappa shape index (κ1) is 28.9. The second kappa shape index (κ2) is 12.0. The van der Waals surface area contributed by atoms with Gasteiger partial charge in [0.1, 0.15) is 29.7 Å².